The average molecular weight is 306 g/mol. The van der Waals surface area contributed by atoms with E-state index in [4.69, 9.17) is 10.5 Å². The number of morpholine rings is 1. The zero-order valence-corrected chi connectivity index (χ0v) is 12.0. The largest absolute Gasteiger partial charge is 0.394 e. The van der Waals surface area contributed by atoms with Crippen LogP contribution in [0.15, 0.2) is 17.0 Å². The van der Waals surface area contributed by atoms with E-state index in [0.29, 0.717) is 0 Å². The maximum atomic E-state index is 13.9. The lowest BCUT2D eigenvalue weighted by Gasteiger charge is -2.37. The van der Waals surface area contributed by atoms with Gasteiger partial charge in [-0.1, -0.05) is 0 Å². The fourth-order valence-electron chi connectivity index (χ4n) is 2.07. The second kappa shape index (κ2) is 4.94. The smallest absolute Gasteiger partial charge is 0.246 e. The summed E-state index contributed by atoms with van der Waals surface area (Å²) < 4.78 is 58.4. The third kappa shape index (κ3) is 2.63. The van der Waals surface area contributed by atoms with Crippen LogP contribution in [0.3, 0.4) is 0 Å². The number of anilines is 1. The lowest BCUT2D eigenvalue weighted by atomic mass is 10.1. The fraction of sp³-hybridized carbons (Fsp3) is 0.500. The summed E-state index contributed by atoms with van der Waals surface area (Å²) in [6.07, 6.45) is 0. The van der Waals surface area contributed by atoms with Gasteiger partial charge in [0.05, 0.1) is 12.2 Å². The van der Waals surface area contributed by atoms with Gasteiger partial charge in [-0.2, -0.15) is 4.31 Å². The molecule has 1 aliphatic rings. The average Bonchev–Trinajstić information content (AvgIpc) is 2.34. The Morgan fingerprint density at radius 3 is 2.60 bits per heavy atom. The molecule has 112 valence electrons. The molecule has 0 unspecified atom stereocenters. The first kappa shape index (κ1) is 15.1. The van der Waals surface area contributed by atoms with Crippen LogP contribution in [0.4, 0.5) is 14.5 Å². The highest BCUT2D eigenvalue weighted by Crippen LogP contribution is 2.28. The van der Waals surface area contributed by atoms with Gasteiger partial charge >= 0.3 is 0 Å². The molecular formula is C12H16F2N2O3S. The van der Waals surface area contributed by atoms with Crippen LogP contribution in [-0.4, -0.2) is 38.0 Å². The standard InChI is InChI=1S/C12H16F2N2O3S/c1-12(2)7-16(5-6-19-12)20(17,18)9-4-3-8(13)11(15)10(9)14/h3-4H,5-7,15H2,1-2H3. The predicted octanol–water partition coefficient (Wildman–Crippen LogP) is 1.35. The Morgan fingerprint density at radius 2 is 2.00 bits per heavy atom. The number of nitrogens with zero attached hydrogens (tertiary/aromatic N) is 1. The second-order valence-corrected chi connectivity index (χ2v) is 7.13. The van der Waals surface area contributed by atoms with Gasteiger partial charge in [-0.25, -0.2) is 17.2 Å². The molecule has 0 bridgehead atoms. The first-order chi connectivity index (χ1) is 9.15. The summed E-state index contributed by atoms with van der Waals surface area (Å²) in [5.74, 6) is -2.24. The fourth-order valence-corrected chi connectivity index (χ4v) is 3.72. The molecule has 5 nitrogen and oxygen atoms in total. The number of sulfonamides is 1. The van der Waals surface area contributed by atoms with Gasteiger partial charge in [0.1, 0.15) is 16.4 Å². The number of hydrogen-bond donors (Lipinski definition) is 1. The Kier molecular flexibility index (Phi) is 3.74. The van der Waals surface area contributed by atoms with Crippen LogP contribution in [0, 0.1) is 11.6 Å². The Morgan fingerprint density at radius 1 is 1.35 bits per heavy atom. The van der Waals surface area contributed by atoms with Gasteiger partial charge in [-0.05, 0) is 26.0 Å². The molecule has 1 heterocycles. The van der Waals surface area contributed by atoms with Crippen molar-refractivity contribution in [2.45, 2.75) is 24.3 Å². The van der Waals surface area contributed by atoms with Crippen molar-refractivity contribution in [3.8, 4) is 0 Å². The van der Waals surface area contributed by atoms with Crippen molar-refractivity contribution in [3.05, 3.63) is 23.8 Å². The third-order valence-electron chi connectivity index (χ3n) is 3.10. The molecule has 0 atom stereocenters. The number of halogens is 2. The molecule has 0 aliphatic carbocycles. The topological polar surface area (TPSA) is 72.6 Å². The maximum Gasteiger partial charge on any atom is 0.246 e. The zero-order valence-electron chi connectivity index (χ0n) is 11.2. The Balaban J connectivity index is 2.43. The SMILES string of the molecule is CC1(C)CN(S(=O)(=O)c2ccc(F)c(N)c2F)CCO1. The number of benzene rings is 1. The van der Waals surface area contributed by atoms with E-state index in [2.05, 4.69) is 0 Å². The van der Waals surface area contributed by atoms with E-state index in [1.165, 1.54) is 0 Å². The molecule has 1 aliphatic heterocycles. The third-order valence-corrected chi connectivity index (χ3v) is 4.96. The molecule has 0 spiro atoms. The summed E-state index contributed by atoms with van der Waals surface area (Å²) >= 11 is 0. The molecule has 0 radical (unpaired) electrons. The highest BCUT2D eigenvalue weighted by atomic mass is 32.2. The summed E-state index contributed by atoms with van der Waals surface area (Å²) in [7, 11) is -4.07. The molecule has 0 amide bonds. The van der Waals surface area contributed by atoms with Crippen LogP contribution in [0.25, 0.3) is 0 Å². The number of ether oxygens (including phenoxy) is 1. The number of nitrogens with two attached hydrogens (primary N) is 1. The summed E-state index contributed by atoms with van der Waals surface area (Å²) in [6, 6.07) is 1.73. The first-order valence-corrected chi connectivity index (χ1v) is 7.47. The van der Waals surface area contributed by atoms with Gasteiger partial charge in [-0.3, -0.25) is 0 Å². The van der Waals surface area contributed by atoms with Crippen LogP contribution < -0.4 is 5.73 Å². The second-order valence-electron chi connectivity index (χ2n) is 5.22. The first-order valence-electron chi connectivity index (χ1n) is 6.03. The van der Waals surface area contributed by atoms with E-state index >= 15 is 0 Å². The minimum Gasteiger partial charge on any atom is -0.394 e. The number of nitrogen functional groups attached to an aromatic ring is 1. The van der Waals surface area contributed by atoms with E-state index in [9.17, 15) is 17.2 Å². The maximum absolute atomic E-state index is 13.9. The summed E-state index contributed by atoms with van der Waals surface area (Å²) in [6.45, 7) is 3.90. The van der Waals surface area contributed by atoms with Crippen LogP contribution in [0.5, 0.6) is 0 Å². The Hall–Kier alpha value is -1.25. The summed E-state index contributed by atoms with van der Waals surface area (Å²) in [5.41, 5.74) is 3.75. The van der Waals surface area contributed by atoms with E-state index < -0.39 is 37.8 Å². The van der Waals surface area contributed by atoms with Crippen molar-refractivity contribution < 1.29 is 21.9 Å². The summed E-state index contributed by atoms with van der Waals surface area (Å²) in [5, 5.41) is 0. The quantitative estimate of drug-likeness (QED) is 0.837. The summed E-state index contributed by atoms with van der Waals surface area (Å²) in [4.78, 5) is -0.617. The minimum absolute atomic E-state index is 0.0893. The highest BCUT2D eigenvalue weighted by molar-refractivity contribution is 7.89. The van der Waals surface area contributed by atoms with E-state index in [1.54, 1.807) is 13.8 Å². The molecule has 1 fully saturated rings. The Bertz CT molecular complexity index is 632. The molecule has 20 heavy (non-hydrogen) atoms. The van der Waals surface area contributed by atoms with Gasteiger partial charge in [0.15, 0.2) is 5.82 Å². The predicted molar refractivity (Wildman–Crippen MR) is 69.6 cm³/mol. The molecule has 0 saturated carbocycles. The molecule has 2 N–H and O–H groups in total. The van der Waals surface area contributed by atoms with Crippen molar-refractivity contribution in [2.24, 2.45) is 0 Å². The van der Waals surface area contributed by atoms with E-state index in [1.807, 2.05) is 0 Å². The monoisotopic (exact) mass is 306 g/mol. The van der Waals surface area contributed by atoms with Crippen molar-refractivity contribution >= 4 is 15.7 Å². The molecular weight excluding hydrogens is 290 g/mol. The van der Waals surface area contributed by atoms with Gasteiger partial charge in [-0.15, -0.1) is 0 Å². The molecule has 1 aromatic carbocycles. The zero-order chi connectivity index (χ0) is 15.1. The number of rotatable bonds is 2. The van der Waals surface area contributed by atoms with Crippen molar-refractivity contribution in [3.63, 3.8) is 0 Å². The van der Waals surface area contributed by atoms with E-state index in [-0.39, 0.29) is 19.7 Å². The molecule has 2 rings (SSSR count). The molecule has 0 aromatic heterocycles. The van der Waals surface area contributed by atoms with Crippen molar-refractivity contribution in [1.29, 1.82) is 0 Å². The van der Waals surface area contributed by atoms with Crippen LogP contribution in [0.2, 0.25) is 0 Å². The van der Waals surface area contributed by atoms with Crippen LogP contribution in [-0.2, 0) is 14.8 Å². The van der Waals surface area contributed by atoms with Gasteiger partial charge in [0.2, 0.25) is 10.0 Å². The lowest BCUT2D eigenvalue weighted by Crippen LogP contribution is -2.50. The van der Waals surface area contributed by atoms with Gasteiger partial charge < -0.3 is 10.5 Å². The van der Waals surface area contributed by atoms with Gasteiger partial charge in [0, 0.05) is 13.1 Å². The van der Waals surface area contributed by atoms with Crippen molar-refractivity contribution in [1.82, 2.24) is 4.31 Å². The van der Waals surface area contributed by atoms with Gasteiger partial charge in [0.25, 0.3) is 0 Å². The minimum atomic E-state index is -4.07. The molecule has 1 saturated heterocycles. The lowest BCUT2D eigenvalue weighted by molar-refractivity contribution is -0.0640. The van der Waals surface area contributed by atoms with Crippen molar-refractivity contribution in [2.75, 3.05) is 25.4 Å². The normalized spacial score (nSPS) is 20.0. The highest BCUT2D eigenvalue weighted by Gasteiger charge is 2.36. The molecule has 8 heteroatoms. The van der Waals surface area contributed by atoms with Crippen LogP contribution >= 0.6 is 0 Å². The Labute approximate surface area is 116 Å². The van der Waals surface area contributed by atoms with E-state index in [0.717, 1.165) is 16.4 Å². The van der Waals surface area contributed by atoms with Crippen LogP contribution in [0.1, 0.15) is 13.8 Å². The molecule has 1 aromatic rings. The number of hydrogen-bond acceptors (Lipinski definition) is 4.